The minimum absolute atomic E-state index is 0.115. The zero-order valence-electron chi connectivity index (χ0n) is 14.1. The Kier molecular flexibility index (Phi) is 3.94. The fourth-order valence-electron chi connectivity index (χ4n) is 3.25. The zero-order valence-corrected chi connectivity index (χ0v) is 14.9. The van der Waals surface area contributed by atoms with Crippen molar-refractivity contribution in [3.63, 3.8) is 0 Å². The van der Waals surface area contributed by atoms with Gasteiger partial charge in [-0.1, -0.05) is 18.2 Å². The molecule has 0 fully saturated rings. The summed E-state index contributed by atoms with van der Waals surface area (Å²) < 4.78 is 5.86. The molecule has 1 unspecified atom stereocenters. The van der Waals surface area contributed by atoms with Gasteiger partial charge in [-0.3, -0.25) is 9.59 Å². The molecule has 3 heterocycles. The van der Waals surface area contributed by atoms with Crippen LogP contribution in [0.15, 0.2) is 51.0 Å². The van der Waals surface area contributed by atoms with Crippen LogP contribution in [0.2, 0.25) is 0 Å². The summed E-state index contributed by atoms with van der Waals surface area (Å²) in [6.07, 6.45) is 0. The normalized spacial score (nSPS) is 16.8. The van der Waals surface area contributed by atoms with E-state index in [0.29, 0.717) is 23.1 Å². The smallest absolute Gasteiger partial charge is 0.290 e. The first-order valence-electron chi connectivity index (χ1n) is 8.13. The van der Waals surface area contributed by atoms with Crippen LogP contribution in [-0.4, -0.2) is 42.9 Å². The maximum Gasteiger partial charge on any atom is 0.290 e. The summed E-state index contributed by atoms with van der Waals surface area (Å²) in [5.74, 6) is -0.0287. The average molecular weight is 354 g/mol. The minimum Gasteiger partial charge on any atom is -0.450 e. The van der Waals surface area contributed by atoms with Gasteiger partial charge in [-0.25, -0.2) is 0 Å². The molecule has 4 rings (SSSR count). The topological polar surface area (TPSA) is 53.8 Å². The summed E-state index contributed by atoms with van der Waals surface area (Å²) in [5, 5.41) is 2.48. The first kappa shape index (κ1) is 16.1. The number of rotatable bonds is 4. The maximum atomic E-state index is 13.1. The Labute approximate surface area is 149 Å². The lowest BCUT2D eigenvalue weighted by atomic mass is 10.0. The van der Waals surface area contributed by atoms with Gasteiger partial charge in [0.2, 0.25) is 5.76 Å². The molecule has 1 aliphatic heterocycles. The van der Waals surface area contributed by atoms with E-state index in [-0.39, 0.29) is 23.1 Å². The van der Waals surface area contributed by atoms with Crippen LogP contribution in [0, 0.1) is 0 Å². The van der Waals surface area contributed by atoms with E-state index in [9.17, 15) is 9.59 Å². The van der Waals surface area contributed by atoms with Gasteiger partial charge in [0.1, 0.15) is 5.58 Å². The van der Waals surface area contributed by atoms with Gasteiger partial charge < -0.3 is 14.2 Å². The second-order valence-corrected chi connectivity index (χ2v) is 7.37. The van der Waals surface area contributed by atoms with E-state index in [1.54, 1.807) is 34.4 Å². The van der Waals surface area contributed by atoms with Crippen molar-refractivity contribution in [3.05, 3.63) is 68.2 Å². The third-order valence-corrected chi connectivity index (χ3v) is 5.40. The number of nitrogens with zero attached hydrogens (tertiary/aromatic N) is 2. The number of para-hydroxylation sites is 1. The van der Waals surface area contributed by atoms with Gasteiger partial charge in [0.05, 0.1) is 17.0 Å². The SMILES string of the molecule is CN(C)CCN1C(=O)c2oc3ccccc3c(=O)c2C1c1cccs1. The van der Waals surface area contributed by atoms with E-state index in [1.165, 1.54) is 0 Å². The Bertz CT molecular complexity index is 992. The van der Waals surface area contributed by atoms with Crippen molar-refractivity contribution in [1.82, 2.24) is 9.80 Å². The monoisotopic (exact) mass is 354 g/mol. The number of likely N-dealkylation sites (N-methyl/N-ethyl adjacent to an activating group) is 1. The van der Waals surface area contributed by atoms with Crippen LogP contribution in [0.5, 0.6) is 0 Å². The molecule has 0 spiro atoms. The highest BCUT2D eigenvalue weighted by Crippen LogP contribution is 2.39. The predicted molar refractivity (Wildman–Crippen MR) is 98.2 cm³/mol. The van der Waals surface area contributed by atoms with Gasteiger partial charge in [-0.2, -0.15) is 0 Å². The Morgan fingerprint density at radius 3 is 2.68 bits per heavy atom. The van der Waals surface area contributed by atoms with Crippen LogP contribution in [0.1, 0.15) is 27.0 Å². The quantitative estimate of drug-likeness (QED) is 0.723. The molecule has 128 valence electrons. The number of amides is 1. The van der Waals surface area contributed by atoms with Crippen LogP contribution in [0.25, 0.3) is 11.0 Å². The number of carbonyl (C=O) groups is 1. The molecule has 1 aromatic carbocycles. The summed E-state index contributed by atoms with van der Waals surface area (Å²) in [4.78, 5) is 30.9. The molecule has 0 N–H and O–H groups in total. The Balaban J connectivity index is 1.92. The molecule has 6 heteroatoms. The number of hydrogen-bond acceptors (Lipinski definition) is 5. The summed E-state index contributed by atoms with van der Waals surface area (Å²) >= 11 is 1.55. The van der Waals surface area contributed by atoms with Crippen molar-refractivity contribution in [2.45, 2.75) is 6.04 Å². The average Bonchev–Trinajstić information content (AvgIpc) is 3.21. The third kappa shape index (κ3) is 2.58. The molecular weight excluding hydrogens is 336 g/mol. The largest absolute Gasteiger partial charge is 0.450 e. The molecule has 3 aromatic rings. The molecule has 5 nitrogen and oxygen atoms in total. The molecule has 1 amide bonds. The summed E-state index contributed by atoms with van der Waals surface area (Å²) in [7, 11) is 3.93. The fraction of sp³-hybridized carbons (Fsp3) is 0.263. The van der Waals surface area contributed by atoms with Crippen LogP contribution in [0.4, 0.5) is 0 Å². The van der Waals surface area contributed by atoms with Crippen molar-refractivity contribution < 1.29 is 9.21 Å². The highest BCUT2D eigenvalue weighted by Gasteiger charge is 2.42. The molecule has 2 aromatic heterocycles. The van der Waals surface area contributed by atoms with E-state index in [4.69, 9.17) is 4.42 Å². The van der Waals surface area contributed by atoms with Crippen LogP contribution in [0.3, 0.4) is 0 Å². The van der Waals surface area contributed by atoms with Gasteiger partial charge in [-0.05, 0) is 37.7 Å². The number of carbonyl (C=O) groups excluding carboxylic acids is 1. The second kappa shape index (κ2) is 6.13. The lowest BCUT2D eigenvalue weighted by Crippen LogP contribution is -2.35. The zero-order chi connectivity index (χ0) is 17.6. The predicted octanol–water partition coefficient (Wildman–Crippen LogP) is 2.96. The first-order chi connectivity index (χ1) is 12.1. The van der Waals surface area contributed by atoms with Crippen LogP contribution in [-0.2, 0) is 0 Å². The van der Waals surface area contributed by atoms with Crippen molar-refractivity contribution in [1.29, 1.82) is 0 Å². The minimum atomic E-state index is -0.372. The summed E-state index contributed by atoms with van der Waals surface area (Å²) in [6.45, 7) is 1.25. The summed E-state index contributed by atoms with van der Waals surface area (Å²) in [5.41, 5.74) is 0.805. The molecule has 0 bridgehead atoms. The Morgan fingerprint density at radius 1 is 1.16 bits per heavy atom. The number of fused-ring (bicyclic) bond motifs is 2. The van der Waals surface area contributed by atoms with E-state index < -0.39 is 0 Å². The molecular formula is C19H18N2O3S. The lowest BCUT2D eigenvalue weighted by molar-refractivity contribution is 0.0718. The van der Waals surface area contributed by atoms with Gasteiger partial charge >= 0.3 is 0 Å². The van der Waals surface area contributed by atoms with Crippen molar-refractivity contribution in [3.8, 4) is 0 Å². The Morgan fingerprint density at radius 2 is 1.96 bits per heavy atom. The standard InChI is InChI=1S/C19H18N2O3S/c1-20(2)9-10-21-16(14-8-5-11-25-14)15-17(22)12-6-3-4-7-13(12)24-18(15)19(21)23/h3-8,11,16H,9-10H2,1-2H3. The molecule has 1 aliphatic rings. The van der Waals surface area contributed by atoms with E-state index in [0.717, 1.165) is 11.4 Å². The summed E-state index contributed by atoms with van der Waals surface area (Å²) in [6, 6.07) is 10.6. The molecule has 0 saturated carbocycles. The Hall–Kier alpha value is -2.44. The molecule has 25 heavy (non-hydrogen) atoms. The molecule has 0 radical (unpaired) electrons. The number of benzene rings is 1. The lowest BCUT2D eigenvalue weighted by Gasteiger charge is -2.25. The molecule has 1 atom stereocenters. The van der Waals surface area contributed by atoms with Gasteiger partial charge in [0.25, 0.3) is 5.91 Å². The fourth-order valence-corrected chi connectivity index (χ4v) is 4.09. The van der Waals surface area contributed by atoms with Gasteiger partial charge in [0.15, 0.2) is 5.43 Å². The number of hydrogen-bond donors (Lipinski definition) is 0. The number of thiophene rings is 1. The molecule has 0 aliphatic carbocycles. The van der Waals surface area contributed by atoms with E-state index in [1.807, 2.05) is 42.6 Å². The highest BCUT2D eigenvalue weighted by atomic mass is 32.1. The maximum absolute atomic E-state index is 13.1. The van der Waals surface area contributed by atoms with Crippen LogP contribution < -0.4 is 5.43 Å². The highest BCUT2D eigenvalue weighted by molar-refractivity contribution is 7.10. The van der Waals surface area contributed by atoms with Gasteiger partial charge in [0, 0.05) is 18.0 Å². The van der Waals surface area contributed by atoms with Crippen molar-refractivity contribution >= 4 is 28.2 Å². The van der Waals surface area contributed by atoms with E-state index >= 15 is 0 Å². The van der Waals surface area contributed by atoms with E-state index in [2.05, 4.69) is 0 Å². The van der Waals surface area contributed by atoms with Crippen molar-refractivity contribution in [2.75, 3.05) is 27.2 Å². The molecule has 0 saturated heterocycles. The van der Waals surface area contributed by atoms with Crippen LogP contribution >= 0.6 is 11.3 Å². The second-order valence-electron chi connectivity index (χ2n) is 6.39. The van der Waals surface area contributed by atoms with Crippen molar-refractivity contribution in [2.24, 2.45) is 0 Å². The third-order valence-electron chi connectivity index (χ3n) is 4.47. The van der Waals surface area contributed by atoms with Gasteiger partial charge in [-0.15, -0.1) is 11.3 Å². The first-order valence-corrected chi connectivity index (χ1v) is 9.00.